The van der Waals surface area contributed by atoms with Crippen molar-refractivity contribution in [2.24, 2.45) is 0 Å². The molecule has 0 N–H and O–H groups in total. The van der Waals surface area contributed by atoms with Crippen molar-refractivity contribution in [3.05, 3.63) is 77.5 Å². The summed E-state index contributed by atoms with van der Waals surface area (Å²) >= 11 is 1.42. The van der Waals surface area contributed by atoms with E-state index in [4.69, 9.17) is 4.74 Å². The standard InChI is InChI=1S/C21H20F2N2OS/c1-21(2,3)18-12-19(26-17-7-5-4-6-16(17)23)25-20(24-18)27-13-14-8-10-15(22)11-9-14/h4-12H,13H2,1-3H3. The molecule has 0 aliphatic carbocycles. The minimum Gasteiger partial charge on any atom is -0.436 e. The van der Waals surface area contributed by atoms with E-state index in [2.05, 4.69) is 9.97 Å². The Morgan fingerprint density at radius 2 is 1.67 bits per heavy atom. The predicted octanol–water partition coefficient (Wildman–Crippen LogP) is 6.14. The van der Waals surface area contributed by atoms with Gasteiger partial charge in [-0.25, -0.2) is 13.8 Å². The Labute approximate surface area is 161 Å². The van der Waals surface area contributed by atoms with E-state index in [0.717, 1.165) is 11.3 Å². The lowest BCUT2D eigenvalue weighted by atomic mass is 9.92. The van der Waals surface area contributed by atoms with Gasteiger partial charge in [0.1, 0.15) is 5.82 Å². The number of benzene rings is 2. The van der Waals surface area contributed by atoms with Crippen molar-refractivity contribution in [1.29, 1.82) is 0 Å². The summed E-state index contributed by atoms with van der Waals surface area (Å²) in [7, 11) is 0. The average molecular weight is 386 g/mol. The lowest BCUT2D eigenvalue weighted by Crippen LogP contribution is -2.14. The highest BCUT2D eigenvalue weighted by Gasteiger charge is 2.19. The fourth-order valence-corrected chi connectivity index (χ4v) is 3.08. The molecule has 0 amide bonds. The number of hydrogen-bond donors (Lipinski definition) is 0. The summed E-state index contributed by atoms with van der Waals surface area (Å²) < 4.78 is 32.6. The van der Waals surface area contributed by atoms with Crippen LogP contribution in [0.2, 0.25) is 0 Å². The zero-order valence-electron chi connectivity index (χ0n) is 15.4. The van der Waals surface area contributed by atoms with Gasteiger partial charge in [0.15, 0.2) is 16.7 Å². The van der Waals surface area contributed by atoms with E-state index >= 15 is 0 Å². The summed E-state index contributed by atoms with van der Waals surface area (Å²) in [6.45, 7) is 6.11. The van der Waals surface area contributed by atoms with Crippen molar-refractivity contribution < 1.29 is 13.5 Å². The molecule has 2 aromatic carbocycles. The molecule has 0 atom stereocenters. The van der Waals surface area contributed by atoms with Crippen LogP contribution >= 0.6 is 11.8 Å². The first-order valence-electron chi connectivity index (χ1n) is 8.50. The van der Waals surface area contributed by atoms with Crippen molar-refractivity contribution in [3.63, 3.8) is 0 Å². The van der Waals surface area contributed by atoms with Crippen LogP contribution in [0, 0.1) is 11.6 Å². The topological polar surface area (TPSA) is 35.0 Å². The number of thioether (sulfide) groups is 1. The average Bonchev–Trinajstić information content (AvgIpc) is 2.62. The van der Waals surface area contributed by atoms with Crippen LogP contribution < -0.4 is 4.74 Å². The molecule has 0 bridgehead atoms. The molecule has 140 valence electrons. The first-order chi connectivity index (χ1) is 12.8. The Morgan fingerprint density at radius 1 is 0.963 bits per heavy atom. The van der Waals surface area contributed by atoms with Crippen LogP contribution in [-0.4, -0.2) is 9.97 Å². The third-order valence-corrected chi connectivity index (χ3v) is 4.70. The molecule has 0 aliphatic rings. The minimum absolute atomic E-state index is 0.116. The Balaban J connectivity index is 1.86. The van der Waals surface area contributed by atoms with Crippen molar-refractivity contribution in [2.75, 3.05) is 0 Å². The van der Waals surface area contributed by atoms with Gasteiger partial charge >= 0.3 is 0 Å². The van der Waals surface area contributed by atoms with Gasteiger partial charge < -0.3 is 4.74 Å². The van der Waals surface area contributed by atoms with E-state index < -0.39 is 5.82 Å². The van der Waals surface area contributed by atoms with E-state index in [9.17, 15) is 8.78 Å². The summed E-state index contributed by atoms with van der Waals surface area (Å²) in [4.78, 5) is 9.01. The van der Waals surface area contributed by atoms with Crippen LogP contribution in [0.1, 0.15) is 32.0 Å². The Morgan fingerprint density at radius 3 is 2.33 bits per heavy atom. The number of halogens is 2. The summed E-state index contributed by atoms with van der Waals surface area (Å²) in [6.07, 6.45) is 0. The number of aromatic nitrogens is 2. The van der Waals surface area contributed by atoms with Crippen molar-refractivity contribution in [3.8, 4) is 11.6 Å². The quantitative estimate of drug-likeness (QED) is 0.390. The van der Waals surface area contributed by atoms with Crippen LogP contribution in [0.15, 0.2) is 59.8 Å². The molecule has 0 aliphatic heterocycles. The highest BCUT2D eigenvalue weighted by molar-refractivity contribution is 7.98. The molecule has 0 saturated carbocycles. The molecule has 0 saturated heterocycles. The SMILES string of the molecule is CC(C)(C)c1cc(Oc2ccccc2F)nc(SCc2ccc(F)cc2)n1. The lowest BCUT2D eigenvalue weighted by molar-refractivity contribution is 0.417. The molecule has 0 unspecified atom stereocenters. The second kappa shape index (κ2) is 8.05. The largest absolute Gasteiger partial charge is 0.436 e. The van der Waals surface area contributed by atoms with Crippen LogP contribution in [-0.2, 0) is 11.2 Å². The number of ether oxygens (including phenoxy) is 1. The summed E-state index contributed by atoms with van der Waals surface area (Å²) in [5.41, 5.74) is 1.54. The third kappa shape index (κ3) is 5.26. The van der Waals surface area contributed by atoms with Gasteiger partial charge in [0.2, 0.25) is 5.88 Å². The summed E-state index contributed by atoms with van der Waals surface area (Å²) in [6, 6.07) is 14.2. The Hall–Kier alpha value is -2.47. The van der Waals surface area contributed by atoms with E-state index in [1.165, 1.54) is 30.0 Å². The van der Waals surface area contributed by atoms with Gasteiger partial charge in [0, 0.05) is 17.2 Å². The number of para-hydroxylation sites is 1. The molecule has 6 heteroatoms. The maximum absolute atomic E-state index is 13.9. The molecular formula is C21H20F2N2OS. The maximum atomic E-state index is 13.9. The van der Waals surface area contributed by atoms with E-state index in [1.807, 2.05) is 20.8 Å². The minimum atomic E-state index is -0.450. The van der Waals surface area contributed by atoms with E-state index in [0.29, 0.717) is 16.8 Å². The molecule has 3 nitrogen and oxygen atoms in total. The van der Waals surface area contributed by atoms with Crippen LogP contribution in [0.3, 0.4) is 0 Å². The van der Waals surface area contributed by atoms with Gasteiger partial charge in [-0.2, -0.15) is 4.98 Å². The zero-order valence-corrected chi connectivity index (χ0v) is 16.2. The van der Waals surface area contributed by atoms with Crippen molar-refractivity contribution in [2.45, 2.75) is 37.1 Å². The van der Waals surface area contributed by atoms with Gasteiger partial charge in [-0.05, 0) is 29.8 Å². The van der Waals surface area contributed by atoms with Gasteiger partial charge in [0.25, 0.3) is 0 Å². The smallest absolute Gasteiger partial charge is 0.223 e. The fourth-order valence-electron chi connectivity index (χ4n) is 2.27. The highest BCUT2D eigenvalue weighted by Crippen LogP contribution is 2.30. The number of hydrogen-bond acceptors (Lipinski definition) is 4. The first-order valence-corrected chi connectivity index (χ1v) is 9.49. The lowest BCUT2D eigenvalue weighted by Gasteiger charge is -2.19. The van der Waals surface area contributed by atoms with Gasteiger partial charge in [-0.1, -0.05) is 56.8 Å². The van der Waals surface area contributed by atoms with Gasteiger partial charge in [-0.15, -0.1) is 0 Å². The second-order valence-corrected chi connectivity index (χ2v) is 8.01. The molecule has 1 heterocycles. The molecule has 3 aromatic rings. The first kappa shape index (κ1) is 19.3. The van der Waals surface area contributed by atoms with Gasteiger partial charge in [-0.3, -0.25) is 0 Å². The summed E-state index contributed by atoms with van der Waals surface area (Å²) in [5, 5.41) is 0.526. The monoisotopic (exact) mass is 386 g/mol. The molecule has 27 heavy (non-hydrogen) atoms. The molecule has 0 radical (unpaired) electrons. The molecular weight excluding hydrogens is 366 g/mol. The van der Waals surface area contributed by atoms with Crippen molar-refractivity contribution in [1.82, 2.24) is 9.97 Å². The molecule has 3 rings (SSSR count). The third-order valence-electron chi connectivity index (χ3n) is 3.78. The fraction of sp³-hybridized carbons (Fsp3) is 0.238. The normalized spacial score (nSPS) is 11.4. The highest BCUT2D eigenvalue weighted by atomic mass is 32.2. The predicted molar refractivity (Wildman–Crippen MR) is 103 cm³/mol. The van der Waals surface area contributed by atoms with Crippen LogP contribution in [0.25, 0.3) is 0 Å². The number of nitrogens with zero attached hydrogens (tertiary/aromatic N) is 2. The van der Waals surface area contributed by atoms with Gasteiger partial charge in [0.05, 0.1) is 5.69 Å². The van der Waals surface area contributed by atoms with E-state index in [-0.39, 0.29) is 17.0 Å². The van der Waals surface area contributed by atoms with Crippen molar-refractivity contribution >= 4 is 11.8 Å². The maximum Gasteiger partial charge on any atom is 0.223 e. The number of rotatable bonds is 5. The molecule has 0 spiro atoms. The zero-order chi connectivity index (χ0) is 19.4. The van der Waals surface area contributed by atoms with Crippen LogP contribution in [0.5, 0.6) is 11.6 Å². The summed E-state index contributed by atoms with van der Waals surface area (Å²) in [5.74, 6) is 0.281. The second-order valence-electron chi connectivity index (χ2n) is 7.07. The Kier molecular flexibility index (Phi) is 5.75. The molecule has 0 fully saturated rings. The van der Waals surface area contributed by atoms with Crippen LogP contribution in [0.4, 0.5) is 8.78 Å². The van der Waals surface area contributed by atoms with E-state index in [1.54, 1.807) is 36.4 Å². The Bertz CT molecular complexity index is 924. The molecule has 1 aromatic heterocycles.